The van der Waals surface area contributed by atoms with Crippen molar-refractivity contribution in [2.75, 3.05) is 5.32 Å². The summed E-state index contributed by atoms with van der Waals surface area (Å²) in [6.07, 6.45) is 1.21. The maximum absolute atomic E-state index is 12.2. The van der Waals surface area contributed by atoms with Crippen LogP contribution in [0.2, 0.25) is 5.02 Å². The number of nitro benzene ring substituents is 1. The average Bonchev–Trinajstić information content (AvgIpc) is 2.60. The molecule has 0 saturated heterocycles. The van der Waals surface area contributed by atoms with Crippen molar-refractivity contribution in [2.24, 2.45) is 0 Å². The maximum Gasteiger partial charge on any atom is 0.270 e. The second kappa shape index (κ2) is 8.96. The quantitative estimate of drug-likeness (QED) is 0.565. The molecule has 0 bridgehead atoms. The fraction of sp³-hybridized carbons (Fsp3) is 0.222. The summed E-state index contributed by atoms with van der Waals surface area (Å²) in [4.78, 5) is 34.0. The van der Waals surface area contributed by atoms with Crippen molar-refractivity contribution in [1.29, 1.82) is 0 Å². The lowest BCUT2D eigenvalue weighted by Crippen LogP contribution is -2.23. The zero-order chi connectivity index (χ0) is 19.1. The zero-order valence-electron chi connectivity index (χ0n) is 14.1. The van der Waals surface area contributed by atoms with E-state index in [0.29, 0.717) is 12.1 Å². The zero-order valence-corrected chi connectivity index (χ0v) is 14.9. The molecule has 0 spiro atoms. The number of hydrogen-bond donors (Lipinski definition) is 2. The highest BCUT2D eigenvalue weighted by Gasteiger charge is 2.14. The molecule has 0 saturated carbocycles. The monoisotopic (exact) mass is 375 g/mol. The summed E-state index contributed by atoms with van der Waals surface area (Å²) in [5.41, 5.74) is 1.43. The van der Waals surface area contributed by atoms with Gasteiger partial charge in [0, 0.05) is 30.8 Å². The van der Waals surface area contributed by atoms with E-state index in [1.165, 1.54) is 12.1 Å². The minimum absolute atomic E-state index is 0.0114. The van der Waals surface area contributed by atoms with Gasteiger partial charge in [-0.25, -0.2) is 0 Å². The van der Waals surface area contributed by atoms with Gasteiger partial charge in [0.25, 0.3) is 11.6 Å². The van der Waals surface area contributed by atoms with Crippen molar-refractivity contribution in [1.82, 2.24) is 5.32 Å². The van der Waals surface area contributed by atoms with Crippen LogP contribution in [-0.4, -0.2) is 16.7 Å². The van der Waals surface area contributed by atoms with E-state index in [9.17, 15) is 19.7 Å². The summed E-state index contributed by atoms with van der Waals surface area (Å²) in [5.74, 6) is -0.503. The van der Waals surface area contributed by atoms with Crippen molar-refractivity contribution >= 4 is 34.8 Å². The molecule has 0 aromatic heterocycles. The molecule has 0 atom stereocenters. The Hall–Kier alpha value is -2.93. The third-order valence-corrected chi connectivity index (χ3v) is 3.86. The number of anilines is 1. The Bertz CT molecular complexity index is 839. The molecule has 0 fully saturated rings. The Morgan fingerprint density at radius 2 is 1.96 bits per heavy atom. The molecule has 8 heteroatoms. The Morgan fingerprint density at radius 3 is 2.62 bits per heavy atom. The number of hydrogen-bond acceptors (Lipinski definition) is 4. The third-order valence-electron chi connectivity index (χ3n) is 3.55. The number of benzene rings is 2. The molecule has 0 radical (unpaired) electrons. The molecule has 26 heavy (non-hydrogen) atoms. The third kappa shape index (κ3) is 5.29. The van der Waals surface area contributed by atoms with E-state index >= 15 is 0 Å². The SMILES string of the molecule is CCCC(=O)Nc1cccc(CNC(=O)c2ccc([N+](=O)[O-])cc2Cl)c1. The molecule has 0 aliphatic heterocycles. The average molecular weight is 376 g/mol. The van der Waals surface area contributed by atoms with E-state index < -0.39 is 10.8 Å². The van der Waals surface area contributed by atoms with Crippen LogP contribution in [-0.2, 0) is 11.3 Å². The van der Waals surface area contributed by atoms with E-state index in [0.717, 1.165) is 18.1 Å². The van der Waals surface area contributed by atoms with Gasteiger partial charge in [-0.05, 0) is 30.2 Å². The molecule has 0 unspecified atom stereocenters. The van der Waals surface area contributed by atoms with Gasteiger partial charge in [-0.3, -0.25) is 19.7 Å². The van der Waals surface area contributed by atoms with Crippen LogP contribution in [0.3, 0.4) is 0 Å². The van der Waals surface area contributed by atoms with Gasteiger partial charge in [-0.1, -0.05) is 30.7 Å². The van der Waals surface area contributed by atoms with Crippen LogP contribution < -0.4 is 10.6 Å². The molecule has 2 amide bonds. The lowest BCUT2D eigenvalue weighted by molar-refractivity contribution is -0.384. The topological polar surface area (TPSA) is 101 Å². The van der Waals surface area contributed by atoms with Crippen molar-refractivity contribution in [2.45, 2.75) is 26.3 Å². The van der Waals surface area contributed by atoms with Crippen molar-refractivity contribution in [3.05, 3.63) is 68.7 Å². The van der Waals surface area contributed by atoms with Crippen LogP contribution in [0.5, 0.6) is 0 Å². The van der Waals surface area contributed by atoms with Gasteiger partial charge in [-0.2, -0.15) is 0 Å². The van der Waals surface area contributed by atoms with E-state index in [-0.39, 0.29) is 28.7 Å². The Labute approximate surface area is 155 Å². The molecular formula is C18H18ClN3O4. The summed E-state index contributed by atoms with van der Waals surface area (Å²) >= 11 is 5.95. The number of carbonyl (C=O) groups is 2. The lowest BCUT2D eigenvalue weighted by Gasteiger charge is -2.09. The van der Waals surface area contributed by atoms with E-state index in [4.69, 9.17) is 11.6 Å². The van der Waals surface area contributed by atoms with E-state index in [1.807, 2.05) is 13.0 Å². The first-order valence-electron chi connectivity index (χ1n) is 8.01. The summed E-state index contributed by atoms with van der Waals surface area (Å²) in [5, 5.41) is 16.2. The first-order chi connectivity index (χ1) is 12.4. The predicted molar refractivity (Wildman–Crippen MR) is 99.3 cm³/mol. The largest absolute Gasteiger partial charge is 0.348 e. The second-order valence-electron chi connectivity index (χ2n) is 5.60. The highest BCUT2D eigenvalue weighted by atomic mass is 35.5. The first kappa shape index (κ1) is 19.4. The van der Waals surface area contributed by atoms with Gasteiger partial charge in [-0.15, -0.1) is 0 Å². The van der Waals surface area contributed by atoms with E-state index in [1.54, 1.807) is 18.2 Å². The van der Waals surface area contributed by atoms with Gasteiger partial charge < -0.3 is 10.6 Å². The maximum atomic E-state index is 12.2. The fourth-order valence-corrected chi connectivity index (χ4v) is 2.55. The summed E-state index contributed by atoms with van der Waals surface area (Å²) in [7, 11) is 0. The number of amides is 2. The standard InChI is InChI=1S/C18H18ClN3O4/c1-2-4-17(23)21-13-6-3-5-12(9-13)11-20-18(24)15-8-7-14(22(25)26)10-16(15)19/h3,5-10H,2,4,11H2,1H3,(H,20,24)(H,21,23). The highest BCUT2D eigenvalue weighted by molar-refractivity contribution is 6.34. The summed E-state index contributed by atoms with van der Waals surface area (Å²) < 4.78 is 0. The number of carbonyl (C=O) groups excluding carboxylic acids is 2. The Morgan fingerprint density at radius 1 is 1.19 bits per heavy atom. The van der Waals surface area contributed by atoms with Crippen LogP contribution in [0.15, 0.2) is 42.5 Å². The molecule has 0 aliphatic rings. The minimum Gasteiger partial charge on any atom is -0.348 e. The van der Waals surface area contributed by atoms with Gasteiger partial charge in [0.2, 0.25) is 5.91 Å². The Kier molecular flexibility index (Phi) is 6.68. The molecule has 136 valence electrons. The summed E-state index contributed by atoms with van der Waals surface area (Å²) in [6.45, 7) is 2.15. The van der Waals surface area contributed by atoms with Gasteiger partial charge in [0.05, 0.1) is 15.5 Å². The molecular weight excluding hydrogens is 358 g/mol. The summed E-state index contributed by atoms with van der Waals surface area (Å²) in [6, 6.07) is 10.8. The second-order valence-corrected chi connectivity index (χ2v) is 6.01. The highest BCUT2D eigenvalue weighted by Crippen LogP contribution is 2.22. The number of nitro groups is 1. The van der Waals surface area contributed by atoms with Gasteiger partial charge in [0.1, 0.15) is 0 Å². The lowest BCUT2D eigenvalue weighted by atomic mass is 10.1. The van der Waals surface area contributed by atoms with Crippen LogP contribution in [0.4, 0.5) is 11.4 Å². The number of nitrogens with zero attached hydrogens (tertiary/aromatic N) is 1. The fourth-order valence-electron chi connectivity index (χ4n) is 2.29. The van der Waals surface area contributed by atoms with Crippen molar-refractivity contribution in [3.8, 4) is 0 Å². The van der Waals surface area contributed by atoms with Crippen LogP contribution in [0, 0.1) is 10.1 Å². The van der Waals surface area contributed by atoms with Gasteiger partial charge in [0.15, 0.2) is 0 Å². The molecule has 0 aliphatic carbocycles. The molecule has 2 rings (SSSR count). The number of rotatable bonds is 7. The minimum atomic E-state index is -0.577. The van der Waals surface area contributed by atoms with Crippen LogP contribution in [0.25, 0.3) is 0 Å². The predicted octanol–water partition coefficient (Wildman–Crippen LogP) is 3.92. The molecule has 7 nitrogen and oxygen atoms in total. The van der Waals surface area contributed by atoms with Crippen molar-refractivity contribution < 1.29 is 14.5 Å². The van der Waals surface area contributed by atoms with Crippen molar-refractivity contribution in [3.63, 3.8) is 0 Å². The molecule has 2 aromatic carbocycles. The normalized spacial score (nSPS) is 10.2. The molecule has 0 heterocycles. The molecule has 2 N–H and O–H groups in total. The van der Waals surface area contributed by atoms with Crippen LogP contribution in [0.1, 0.15) is 35.7 Å². The molecule has 2 aromatic rings. The number of non-ortho nitro benzene ring substituents is 1. The first-order valence-corrected chi connectivity index (χ1v) is 8.39. The van der Waals surface area contributed by atoms with Crippen LogP contribution >= 0.6 is 11.6 Å². The number of nitrogens with one attached hydrogen (secondary N) is 2. The van der Waals surface area contributed by atoms with Gasteiger partial charge >= 0.3 is 0 Å². The number of halogens is 1. The van der Waals surface area contributed by atoms with E-state index in [2.05, 4.69) is 10.6 Å². The Balaban J connectivity index is 2.01. The smallest absolute Gasteiger partial charge is 0.270 e.